The van der Waals surface area contributed by atoms with Crippen LogP contribution in [0.4, 0.5) is 5.69 Å². The van der Waals surface area contributed by atoms with Gasteiger partial charge in [0.15, 0.2) is 0 Å². The zero-order chi connectivity index (χ0) is 10.8. The molecule has 2 rings (SSSR count). The van der Waals surface area contributed by atoms with Crippen LogP contribution < -0.4 is 5.73 Å². The molecule has 0 heterocycles. The lowest BCUT2D eigenvalue weighted by Gasteiger charge is -2.37. The summed E-state index contributed by atoms with van der Waals surface area (Å²) in [6.07, 6.45) is 3.64. The van der Waals surface area contributed by atoms with Crippen molar-refractivity contribution in [3.63, 3.8) is 0 Å². The van der Waals surface area contributed by atoms with Crippen LogP contribution in [0, 0.1) is 5.92 Å². The fourth-order valence-corrected chi connectivity index (χ4v) is 2.32. The van der Waals surface area contributed by atoms with E-state index < -0.39 is 0 Å². The molecule has 2 N–H and O–H groups in total. The lowest BCUT2D eigenvalue weighted by Crippen LogP contribution is -2.23. The summed E-state index contributed by atoms with van der Waals surface area (Å²) in [5.74, 6) is 1.46. The highest BCUT2D eigenvalue weighted by atomic mass is 14.5. The molecule has 80 valence electrons. The molecule has 1 fully saturated rings. The second kappa shape index (κ2) is 4.09. The number of nitrogen functional groups attached to an aromatic ring is 1. The molecule has 0 atom stereocenters. The first-order valence-electron chi connectivity index (χ1n) is 5.73. The third-order valence-corrected chi connectivity index (χ3v) is 3.55. The first-order chi connectivity index (χ1) is 7.20. The molecule has 0 spiro atoms. The van der Waals surface area contributed by atoms with Crippen molar-refractivity contribution in [1.29, 1.82) is 0 Å². The minimum absolute atomic E-state index is 0.710. The van der Waals surface area contributed by atoms with Gasteiger partial charge in [-0.25, -0.2) is 0 Å². The normalized spacial score (nSPS) is 24.6. The van der Waals surface area contributed by atoms with Gasteiger partial charge in [-0.3, -0.25) is 0 Å². The first kappa shape index (κ1) is 10.3. The third kappa shape index (κ3) is 2.06. The molecule has 1 heteroatoms. The Morgan fingerprint density at radius 3 is 2.80 bits per heavy atom. The highest BCUT2D eigenvalue weighted by Crippen LogP contribution is 2.45. The van der Waals surface area contributed by atoms with E-state index in [1.807, 2.05) is 12.1 Å². The number of rotatable bonds is 3. The number of nitrogens with two attached hydrogens (primary N) is 1. The van der Waals surface area contributed by atoms with Gasteiger partial charge in [0.2, 0.25) is 0 Å². The van der Waals surface area contributed by atoms with E-state index in [9.17, 15) is 0 Å². The van der Waals surface area contributed by atoms with Crippen molar-refractivity contribution in [1.82, 2.24) is 0 Å². The highest BCUT2D eigenvalue weighted by Gasteiger charge is 2.31. The topological polar surface area (TPSA) is 26.0 Å². The molecule has 1 aliphatic rings. The molecular formula is C14H19N. The van der Waals surface area contributed by atoms with Gasteiger partial charge in [0.05, 0.1) is 0 Å². The molecule has 1 aromatic carbocycles. The van der Waals surface area contributed by atoms with Crippen LogP contribution in [-0.2, 0) is 0 Å². The standard InChI is InChI=1S/C14H19N/c1-3-10(2)12-7-13(8-12)11-5-4-6-14(15)9-11/h4-6,9,12-13H,2-3,7-8,15H2,1H3. The summed E-state index contributed by atoms with van der Waals surface area (Å²) in [5.41, 5.74) is 9.47. The van der Waals surface area contributed by atoms with Crippen molar-refractivity contribution in [3.8, 4) is 0 Å². The minimum Gasteiger partial charge on any atom is -0.399 e. The SMILES string of the molecule is C=C(CC)C1CC(c2cccc(N)c2)C1. The summed E-state index contributed by atoms with van der Waals surface area (Å²) < 4.78 is 0. The smallest absolute Gasteiger partial charge is 0.0316 e. The number of hydrogen-bond acceptors (Lipinski definition) is 1. The Hall–Kier alpha value is -1.24. The molecule has 1 saturated carbocycles. The number of allylic oxidation sites excluding steroid dienone is 1. The van der Waals surface area contributed by atoms with Crippen LogP contribution in [0.1, 0.15) is 37.7 Å². The summed E-state index contributed by atoms with van der Waals surface area (Å²) >= 11 is 0. The summed E-state index contributed by atoms with van der Waals surface area (Å²) in [4.78, 5) is 0. The fourth-order valence-electron chi connectivity index (χ4n) is 2.32. The van der Waals surface area contributed by atoms with E-state index in [0.29, 0.717) is 5.92 Å². The Bertz CT molecular complexity index is 361. The van der Waals surface area contributed by atoms with Crippen molar-refractivity contribution < 1.29 is 0 Å². The molecule has 0 unspecified atom stereocenters. The monoisotopic (exact) mass is 201 g/mol. The van der Waals surface area contributed by atoms with Crippen LogP contribution in [0.5, 0.6) is 0 Å². The van der Waals surface area contributed by atoms with Gasteiger partial charge in [-0.2, -0.15) is 0 Å². The Morgan fingerprint density at radius 2 is 2.20 bits per heavy atom. The van der Waals surface area contributed by atoms with E-state index >= 15 is 0 Å². The van der Waals surface area contributed by atoms with Crippen LogP contribution in [0.2, 0.25) is 0 Å². The average Bonchev–Trinajstić information content (AvgIpc) is 2.15. The van der Waals surface area contributed by atoms with Crippen molar-refractivity contribution >= 4 is 5.69 Å². The fraction of sp³-hybridized carbons (Fsp3) is 0.429. The number of anilines is 1. The Balaban J connectivity index is 1.97. The maximum Gasteiger partial charge on any atom is 0.0316 e. The Kier molecular flexibility index (Phi) is 2.81. The number of hydrogen-bond donors (Lipinski definition) is 1. The molecule has 1 aromatic rings. The largest absolute Gasteiger partial charge is 0.399 e. The van der Waals surface area contributed by atoms with Crippen LogP contribution in [-0.4, -0.2) is 0 Å². The van der Waals surface area contributed by atoms with Crippen LogP contribution in [0.25, 0.3) is 0 Å². The molecule has 0 aromatic heterocycles. The van der Waals surface area contributed by atoms with E-state index in [1.54, 1.807) is 0 Å². The van der Waals surface area contributed by atoms with Crippen molar-refractivity contribution in [2.75, 3.05) is 5.73 Å². The van der Waals surface area contributed by atoms with Gasteiger partial charge < -0.3 is 5.73 Å². The van der Waals surface area contributed by atoms with Crippen molar-refractivity contribution in [2.45, 2.75) is 32.1 Å². The molecule has 0 radical (unpaired) electrons. The molecule has 0 saturated heterocycles. The average molecular weight is 201 g/mol. The maximum absolute atomic E-state index is 5.78. The predicted octanol–water partition coefficient (Wildman–Crippen LogP) is 3.73. The Morgan fingerprint density at radius 1 is 1.47 bits per heavy atom. The van der Waals surface area contributed by atoms with E-state index in [1.165, 1.54) is 24.0 Å². The molecule has 0 bridgehead atoms. The first-order valence-corrected chi connectivity index (χ1v) is 5.73. The molecule has 0 amide bonds. The zero-order valence-corrected chi connectivity index (χ0v) is 9.37. The van der Waals surface area contributed by atoms with E-state index in [-0.39, 0.29) is 0 Å². The molecule has 1 nitrogen and oxygen atoms in total. The molecular weight excluding hydrogens is 182 g/mol. The second-order valence-electron chi connectivity index (χ2n) is 4.55. The third-order valence-electron chi connectivity index (χ3n) is 3.55. The zero-order valence-electron chi connectivity index (χ0n) is 9.37. The number of benzene rings is 1. The van der Waals surface area contributed by atoms with Crippen molar-refractivity contribution in [2.24, 2.45) is 5.92 Å². The predicted molar refractivity (Wildman–Crippen MR) is 65.8 cm³/mol. The van der Waals surface area contributed by atoms with Crippen LogP contribution in [0.3, 0.4) is 0 Å². The van der Waals surface area contributed by atoms with Crippen LogP contribution in [0.15, 0.2) is 36.4 Å². The highest BCUT2D eigenvalue weighted by molar-refractivity contribution is 5.42. The van der Waals surface area contributed by atoms with Crippen LogP contribution >= 0.6 is 0 Å². The van der Waals surface area contributed by atoms with E-state index in [4.69, 9.17) is 5.73 Å². The summed E-state index contributed by atoms with van der Waals surface area (Å²) in [6, 6.07) is 8.29. The summed E-state index contributed by atoms with van der Waals surface area (Å²) in [7, 11) is 0. The summed E-state index contributed by atoms with van der Waals surface area (Å²) in [5, 5.41) is 0. The maximum atomic E-state index is 5.78. The second-order valence-corrected chi connectivity index (χ2v) is 4.55. The van der Waals surface area contributed by atoms with Gasteiger partial charge in [0.25, 0.3) is 0 Å². The van der Waals surface area contributed by atoms with E-state index in [2.05, 4.69) is 25.6 Å². The molecule has 0 aliphatic heterocycles. The lowest BCUT2D eigenvalue weighted by molar-refractivity contribution is 0.303. The van der Waals surface area contributed by atoms with Crippen molar-refractivity contribution in [3.05, 3.63) is 42.0 Å². The lowest BCUT2D eigenvalue weighted by atomic mass is 9.68. The minimum atomic E-state index is 0.710. The van der Waals surface area contributed by atoms with Gasteiger partial charge in [-0.05, 0) is 48.8 Å². The van der Waals surface area contributed by atoms with Gasteiger partial charge in [0.1, 0.15) is 0 Å². The molecule has 1 aliphatic carbocycles. The molecule has 15 heavy (non-hydrogen) atoms. The Labute approximate surface area is 92.0 Å². The van der Waals surface area contributed by atoms with E-state index in [0.717, 1.165) is 18.0 Å². The quantitative estimate of drug-likeness (QED) is 0.585. The summed E-state index contributed by atoms with van der Waals surface area (Å²) in [6.45, 7) is 6.31. The van der Waals surface area contributed by atoms with Gasteiger partial charge in [-0.1, -0.05) is 31.2 Å². The van der Waals surface area contributed by atoms with Gasteiger partial charge in [0, 0.05) is 5.69 Å². The van der Waals surface area contributed by atoms with Gasteiger partial charge >= 0.3 is 0 Å². The van der Waals surface area contributed by atoms with Gasteiger partial charge in [-0.15, -0.1) is 0 Å².